The zero-order valence-corrected chi connectivity index (χ0v) is 15.0. The van der Waals surface area contributed by atoms with E-state index < -0.39 is 0 Å². The summed E-state index contributed by atoms with van der Waals surface area (Å²) in [6, 6.07) is 1.77. The lowest BCUT2D eigenvalue weighted by atomic mass is 10.2. The Bertz CT molecular complexity index is 443. The molecule has 1 atom stereocenters. The van der Waals surface area contributed by atoms with E-state index in [2.05, 4.69) is 25.8 Å². The third kappa shape index (κ3) is 5.36. The summed E-state index contributed by atoms with van der Waals surface area (Å²) in [6.45, 7) is 3.13. The second kappa shape index (κ2) is 8.70. The van der Waals surface area contributed by atoms with Gasteiger partial charge in [0, 0.05) is 51.2 Å². The molecule has 0 aromatic heterocycles. The predicted octanol–water partition coefficient (Wildman–Crippen LogP) is 1.23. The second-order valence-electron chi connectivity index (χ2n) is 7.51. The molecule has 3 rings (SSSR count). The van der Waals surface area contributed by atoms with E-state index >= 15 is 0 Å². The van der Waals surface area contributed by atoms with Crippen LogP contribution in [0.2, 0.25) is 0 Å². The van der Waals surface area contributed by atoms with Crippen molar-refractivity contribution in [2.24, 2.45) is 4.99 Å². The van der Waals surface area contributed by atoms with E-state index in [1.165, 1.54) is 38.6 Å². The molecule has 3 aliphatic rings. The van der Waals surface area contributed by atoms with Gasteiger partial charge in [-0.25, -0.2) is 0 Å². The van der Waals surface area contributed by atoms with Gasteiger partial charge in [0.2, 0.25) is 5.91 Å². The number of carbonyl (C=O) groups is 1. The zero-order chi connectivity index (χ0) is 16.8. The van der Waals surface area contributed by atoms with Crippen LogP contribution in [0.25, 0.3) is 0 Å². The quantitative estimate of drug-likeness (QED) is 0.372. The van der Waals surface area contributed by atoms with E-state index in [0.717, 1.165) is 44.4 Å². The highest BCUT2D eigenvalue weighted by atomic mass is 16.1. The first-order chi connectivity index (χ1) is 11.7. The van der Waals surface area contributed by atoms with E-state index in [-0.39, 0.29) is 5.91 Å². The Labute approximate surface area is 145 Å². The van der Waals surface area contributed by atoms with Crippen LogP contribution < -0.4 is 16.0 Å². The van der Waals surface area contributed by atoms with Gasteiger partial charge in [0.1, 0.15) is 0 Å². The second-order valence-corrected chi connectivity index (χ2v) is 7.51. The highest BCUT2D eigenvalue weighted by molar-refractivity contribution is 5.80. The predicted molar refractivity (Wildman–Crippen MR) is 97.1 cm³/mol. The van der Waals surface area contributed by atoms with Crippen molar-refractivity contribution in [3.8, 4) is 0 Å². The normalized spacial score (nSPS) is 25.9. The fourth-order valence-corrected chi connectivity index (χ4v) is 3.88. The molecule has 0 aromatic rings. The number of carbonyl (C=O) groups excluding carboxylic acids is 1. The molecule has 0 bridgehead atoms. The first kappa shape index (κ1) is 17.5. The van der Waals surface area contributed by atoms with Crippen LogP contribution in [0, 0.1) is 0 Å². The minimum atomic E-state index is 0.185. The average molecular weight is 335 g/mol. The standard InChI is InChI=1S/C18H33N5O/c1-19-18(20-11-4-7-17(24)21-14-8-9-14)22-15-10-12-23(13-15)16-5-2-3-6-16/h14-16H,2-13H2,1H3,(H,21,24)(H2,19,20,22). The Kier molecular flexibility index (Phi) is 6.35. The summed E-state index contributed by atoms with van der Waals surface area (Å²) in [7, 11) is 1.82. The van der Waals surface area contributed by atoms with Crippen molar-refractivity contribution in [3.63, 3.8) is 0 Å². The van der Waals surface area contributed by atoms with Crippen molar-refractivity contribution >= 4 is 11.9 Å². The van der Waals surface area contributed by atoms with Gasteiger partial charge in [-0.3, -0.25) is 14.7 Å². The van der Waals surface area contributed by atoms with Crippen molar-refractivity contribution < 1.29 is 4.79 Å². The molecule has 1 aliphatic heterocycles. The van der Waals surface area contributed by atoms with Crippen molar-refractivity contribution in [3.05, 3.63) is 0 Å². The van der Waals surface area contributed by atoms with Gasteiger partial charge in [-0.1, -0.05) is 12.8 Å². The van der Waals surface area contributed by atoms with Gasteiger partial charge in [-0.2, -0.15) is 0 Å². The van der Waals surface area contributed by atoms with Gasteiger partial charge in [0.15, 0.2) is 5.96 Å². The highest BCUT2D eigenvalue weighted by Gasteiger charge is 2.30. The molecule has 1 unspecified atom stereocenters. The van der Waals surface area contributed by atoms with Crippen LogP contribution >= 0.6 is 0 Å². The number of rotatable bonds is 7. The molecule has 1 saturated heterocycles. The molecule has 0 aromatic carbocycles. The SMILES string of the molecule is CN=C(NCCCC(=O)NC1CC1)NC1CCN(C2CCCC2)C1. The van der Waals surface area contributed by atoms with Crippen LogP contribution in [0.3, 0.4) is 0 Å². The molecule has 2 saturated carbocycles. The minimum absolute atomic E-state index is 0.185. The molecule has 2 aliphatic carbocycles. The number of amides is 1. The third-order valence-electron chi connectivity index (χ3n) is 5.44. The summed E-state index contributed by atoms with van der Waals surface area (Å²) in [6.07, 6.45) is 10.5. The number of aliphatic imine (C=N–C) groups is 1. The van der Waals surface area contributed by atoms with Crippen LogP contribution in [0.4, 0.5) is 0 Å². The van der Waals surface area contributed by atoms with Crippen molar-refractivity contribution in [2.45, 2.75) is 75.9 Å². The minimum Gasteiger partial charge on any atom is -0.356 e. The Balaban J connectivity index is 1.29. The van der Waals surface area contributed by atoms with Gasteiger partial charge in [0.25, 0.3) is 0 Å². The summed E-state index contributed by atoms with van der Waals surface area (Å²) in [4.78, 5) is 18.6. The van der Waals surface area contributed by atoms with Crippen LogP contribution in [0.15, 0.2) is 4.99 Å². The maximum Gasteiger partial charge on any atom is 0.220 e. The molecule has 24 heavy (non-hydrogen) atoms. The lowest BCUT2D eigenvalue weighted by molar-refractivity contribution is -0.121. The van der Waals surface area contributed by atoms with E-state index in [1.54, 1.807) is 0 Å². The Morgan fingerprint density at radius 1 is 1.08 bits per heavy atom. The molecule has 136 valence electrons. The number of hydrogen-bond acceptors (Lipinski definition) is 3. The van der Waals surface area contributed by atoms with E-state index in [9.17, 15) is 4.79 Å². The fourth-order valence-electron chi connectivity index (χ4n) is 3.88. The first-order valence-corrected chi connectivity index (χ1v) is 9.75. The number of nitrogens with one attached hydrogen (secondary N) is 3. The van der Waals surface area contributed by atoms with Crippen LogP contribution in [0.1, 0.15) is 57.8 Å². The number of guanidine groups is 1. The molecular weight excluding hydrogens is 302 g/mol. The van der Waals surface area contributed by atoms with E-state index in [1.807, 2.05) is 7.05 Å². The van der Waals surface area contributed by atoms with Gasteiger partial charge >= 0.3 is 0 Å². The van der Waals surface area contributed by atoms with E-state index in [0.29, 0.717) is 18.5 Å². The van der Waals surface area contributed by atoms with Crippen LogP contribution in [-0.4, -0.2) is 61.6 Å². The number of nitrogens with zero attached hydrogens (tertiary/aromatic N) is 2. The van der Waals surface area contributed by atoms with Gasteiger partial charge in [-0.15, -0.1) is 0 Å². The van der Waals surface area contributed by atoms with Gasteiger partial charge in [0.05, 0.1) is 0 Å². The molecule has 1 heterocycles. The van der Waals surface area contributed by atoms with Gasteiger partial charge in [-0.05, 0) is 38.5 Å². The third-order valence-corrected chi connectivity index (χ3v) is 5.44. The molecule has 6 nitrogen and oxygen atoms in total. The molecule has 3 N–H and O–H groups in total. The van der Waals surface area contributed by atoms with Crippen LogP contribution in [0.5, 0.6) is 0 Å². The summed E-state index contributed by atoms with van der Waals surface area (Å²) < 4.78 is 0. The van der Waals surface area contributed by atoms with Crippen LogP contribution in [-0.2, 0) is 4.79 Å². The molecule has 0 radical (unpaired) electrons. The monoisotopic (exact) mass is 335 g/mol. The first-order valence-electron chi connectivity index (χ1n) is 9.75. The van der Waals surface area contributed by atoms with Crippen molar-refractivity contribution in [1.29, 1.82) is 0 Å². The molecular formula is C18H33N5O. The Hall–Kier alpha value is -1.30. The van der Waals surface area contributed by atoms with Crippen molar-refractivity contribution in [2.75, 3.05) is 26.7 Å². The Morgan fingerprint density at radius 2 is 1.88 bits per heavy atom. The van der Waals surface area contributed by atoms with Gasteiger partial charge < -0.3 is 16.0 Å². The smallest absolute Gasteiger partial charge is 0.220 e. The highest BCUT2D eigenvalue weighted by Crippen LogP contribution is 2.26. The maximum absolute atomic E-state index is 11.7. The largest absolute Gasteiger partial charge is 0.356 e. The zero-order valence-electron chi connectivity index (χ0n) is 15.0. The lowest BCUT2D eigenvalue weighted by Crippen LogP contribution is -2.45. The molecule has 0 spiro atoms. The maximum atomic E-state index is 11.7. The topological polar surface area (TPSA) is 68.8 Å². The summed E-state index contributed by atoms with van der Waals surface area (Å²) in [5.41, 5.74) is 0. The Morgan fingerprint density at radius 3 is 2.58 bits per heavy atom. The summed E-state index contributed by atoms with van der Waals surface area (Å²) in [5, 5.41) is 9.92. The molecule has 1 amide bonds. The van der Waals surface area contributed by atoms with Crippen molar-refractivity contribution in [1.82, 2.24) is 20.9 Å². The fraction of sp³-hybridized carbons (Fsp3) is 0.889. The lowest BCUT2D eigenvalue weighted by Gasteiger charge is -2.24. The average Bonchev–Trinajstić information content (AvgIpc) is 3.05. The number of likely N-dealkylation sites (tertiary alicyclic amines) is 1. The number of hydrogen-bond donors (Lipinski definition) is 3. The molecule has 6 heteroatoms. The summed E-state index contributed by atoms with van der Waals surface area (Å²) >= 11 is 0. The molecule has 3 fully saturated rings. The van der Waals surface area contributed by atoms with E-state index in [4.69, 9.17) is 0 Å². The summed E-state index contributed by atoms with van der Waals surface area (Å²) in [5.74, 6) is 1.06.